The molecule has 3 aromatic rings. The number of imidazole rings is 1. The van der Waals surface area contributed by atoms with Crippen molar-refractivity contribution in [3.05, 3.63) is 60.2 Å². The van der Waals surface area contributed by atoms with Crippen LogP contribution in [-0.2, 0) is 24.7 Å². The Balaban J connectivity index is 1.49. The van der Waals surface area contributed by atoms with E-state index in [1.54, 1.807) is 12.4 Å². The fourth-order valence-electron chi connectivity index (χ4n) is 2.63. The number of pyridine rings is 1. The summed E-state index contributed by atoms with van der Waals surface area (Å²) in [5.74, 6) is 1.00. The number of nitrogens with zero attached hydrogens (tertiary/aromatic N) is 3. The van der Waals surface area contributed by atoms with Crippen molar-refractivity contribution in [3.63, 3.8) is 0 Å². The minimum atomic E-state index is 0.0612. The van der Waals surface area contributed by atoms with Crippen LogP contribution in [0.5, 0.6) is 0 Å². The molecule has 0 saturated carbocycles. The van der Waals surface area contributed by atoms with Crippen LogP contribution in [0, 0.1) is 0 Å². The van der Waals surface area contributed by atoms with Crippen molar-refractivity contribution in [2.75, 3.05) is 6.54 Å². The van der Waals surface area contributed by atoms with Crippen molar-refractivity contribution in [3.8, 4) is 0 Å². The van der Waals surface area contributed by atoms with E-state index in [0.717, 1.165) is 23.3 Å². The highest BCUT2D eigenvalue weighted by atomic mass is 16.1. The Bertz CT molecular complexity index is 795. The van der Waals surface area contributed by atoms with Crippen LogP contribution in [0.1, 0.15) is 17.8 Å². The molecule has 2 aromatic heterocycles. The van der Waals surface area contributed by atoms with E-state index < -0.39 is 0 Å². The number of nitrogens with one attached hydrogen (secondary N) is 1. The van der Waals surface area contributed by atoms with E-state index in [2.05, 4.69) is 19.9 Å². The van der Waals surface area contributed by atoms with Crippen LogP contribution in [0.2, 0.25) is 0 Å². The fourth-order valence-corrected chi connectivity index (χ4v) is 2.63. The van der Waals surface area contributed by atoms with Crippen molar-refractivity contribution in [1.82, 2.24) is 19.9 Å². The summed E-state index contributed by atoms with van der Waals surface area (Å²) in [6, 6.07) is 11.9. The van der Waals surface area contributed by atoms with E-state index in [1.165, 1.54) is 5.56 Å². The van der Waals surface area contributed by atoms with Crippen molar-refractivity contribution in [2.45, 2.75) is 19.3 Å². The second kappa shape index (κ2) is 7.05. The number of para-hydroxylation sites is 2. The van der Waals surface area contributed by atoms with Crippen molar-refractivity contribution < 1.29 is 4.79 Å². The van der Waals surface area contributed by atoms with Crippen LogP contribution in [0.15, 0.2) is 48.8 Å². The number of hydrogen-bond donors (Lipinski definition) is 1. The predicted molar refractivity (Wildman–Crippen MR) is 90.0 cm³/mol. The number of aryl methyl sites for hydroxylation is 2. The molecule has 0 bridgehead atoms. The third kappa shape index (κ3) is 3.74. The molecule has 0 fully saturated rings. The average Bonchev–Trinajstić information content (AvgIpc) is 2.90. The number of hydrogen-bond acceptors (Lipinski definition) is 3. The van der Waals surface area contributed by atoms with Crippen LogP contribution in [0.25, 0.3) is 11.0 Å². The van der Waals surface area contributed by atoms with Gasteiger partial charge in [0.15, 0.2) is 0 Å². The molecule has 0 aliphatic rings. The Morgan fingerprint density at radius 2 is 1.91 bits per heavy atom. The first-order valence-corrected chi connectivity index (χ1v) is 7.80. The molecule has 0 atom stereocenters. The molecule has 0 saturated heterocycles. The van der Waals surface area contributed by atoms with E-state index in [9.17, 15) is 4.79 Å². The standard InChI is InChI=1S/C18H20N4O/c1-22-16-5-3-2-4-15(16)21-17(22)6-7-18(23)20-13-10-14-8-11-19-12-9-14/h2-5,8-9,11-12H,6-7,10,13H2,1H3,(H,20,23). The maximum atomic E-state index is 12.0. The summed E-state index contributed by atoms with van der Waals surface area (Å²) >= 11 is 0. The second-order valence-electron chi connectivity index (χ2n) is 5.53. The molecule has 0 aliphatic carbocycles. The first-order chi connectivity index (χ1) is 11.2. The summed E-state index contributed by atoms with van der Waals surface area (Å²) in [5.41, 5.74) is 3.25. The number of fused-ring (bicyclic) bond motifs is 1. The van der Waals surface area contributed by atoms with Crippen molar-refractivity contribution >= 4 is 16.9 Å². The minimum Gasteiger partial charge on any atom is -0.356 e. The lowest BCUT2D eigenvalue weighted by molar-refractivity contribution is -0.121. The zero-order valence-electron chi connectivity index (χ0n) is 13.2. The molecule has 1 amide bonds. The lowest BCUT2D eigenvalue weighted by atomic mass is 10.2. The van der Waals surface area contributed by atoms with Crippen LogP contribution in [-0.4, -0.2) is 27.0 Å². The number of carbonyl (C=O) groups excluding carboxylic acids is 1. The summed E-state index contributed by atoms with van der Waals surface area (Å²) < 4.78 is 2.06. The van der Waals surface area contributed by atoms with E-state index >= 15 is 0 Å². The molecule has 3 rings (SSSR count). The van der Waals surface area contributed by atoms with Gasteiger partial charge in [-0.15, -0.1) is 0 Å². The normalized spacial score (nSPS) is 10.8. The first kappa shape index (κ1) is 15.2. The highest BCUT2D eigenvalue weighted by Crippen LogP contribution is 2.15. The smallest absolute Gasteiger partial charge is 0.220 e. The summed E-state index contributed by atoms with van der Waals surface area (Å²) in [7, 11) is 1.99. The van der Waals surface area contributed by atoms with Crippen LogP contribution in [0.4, 0.5) is 0 Å². The molecule has 2 heterocycles. The molecule has 0 radical (unpaired) electrons. The number of rotatable bonds is 6. The van der Waals surface area contributed by atoms with Gasteiger partial charge in [-0.2, -0.15) is 0 Å². The van der Waals surface area contributed by atoms with Gasteiger partial charge in [0.1, 0.15) is 5.82 Å². The van der Waals surface area contributed by atoms with Gasteiger partial charge in [-0.3, -0.25) is 9.78 Å². The lowest BCUT2D eigenvalue weighted by Crippen LogP contribution is -2.26. The minimum absolute atomic E-state index is 0.0612. The van der Waals surface area contributed by atoms with Crippen molar-refractivity contribution in [1.29, 1.82) is 0 Å². The van der Waals surface area contributed by atoms with E-state index in [0.29, 0.717) is 19.4 Å². The second-order valence-corrected chi connectivity index (χ2v) is 5.53. The molecule has 1 aromatic carbocycles. The third-order valence-electron chi connectivity index (χ3n) is 3.94. The van der Waals surface area contributed by atoms with Gasteiger partial charge in [0.05, 0.1) is 11.0 Å². The van der Waals surface area contributed by atoms with Gasteiger partial charge >= 0.3 is 0 Å². The zero-order chi connectivity index (χ0) is 16.1. The number of carbonyl (C=O) groups is 1. The molecule has 1 N–H and O–H groups in total. The highest BCUT2D eigenvalue weighted by Gasteiger charge is 2.09. The Morgan fingerprint density at radius 1 is 1.13 bits per heavy atom. The first-order valence-electron chi connectivity index (χ1n) is 7.80. The molecule has 5 heteroatoms. The number of benzene rings is 1. The monoisotopic (exact) mass is 308 g/mol. The summed E-state index contributed by atoms with van der Waals surface area (Å²) in [6.45, 7) is 0.644. The summed E-state index contributed by atoms with van der Waals surface area (Å²) in [4.78, 5) is 20.5. The fraction of sp³-hybridized carbons (Fsp3) is 0.278. The molecular formula is C18H20N4O. The van der Waals surface area contributed by atoms with E-state index in [1.807, 2.05) is 43.4 Å². The lowest BCUT2D eigenvalue weighted by Gasteiger charge is -2.05. The topological polar surface area (TPSA) is 59.8 Å². The average molecular weight is 308 g/mol. The maximum absolute atomic E-state index is 12.0. The maximum Gasteiger partial charge on any atom is 0.220 e. The molecular weight excluding hydrogens is 288 g/mol. The van der Waals surface area contributed by atoms with Gasteiger partial charge in [-0.05, 0) is 36.2 Å². The van der Waals surface area contributed by atoms with Gasteiger partial charge in [-0.1, -0.05) is 12.1 Å². The van der Waals surface area contributed by atoms with Crippen molar-refractivity contribution in [2.24, 2.45) is 7.05 Å². The van der Waals surface area contributed by atoms with Gasteiger partial charge < -0.3 is 9.88 Å². The molecule has 118 valence electrons. The third-order valence-corrected chi connectivity index (χ3v) is 3.94. The Morgan fingerprint density at radius 3 is 2.70 bits per heavy atom. The Kier molecular flexibility index (Phi) is 4.66. The number of amides is 1. The SMILES string of the molecule is Cn1c(CCC(=O)NCCc2ccncc2)nc2ccccc21. The van der Waals surface area contributed by atoms with Gasteiger partial charge in [0, 0.05) is 38.8 Å². The molecule has 0 aliphatic heterocycles. The van der Waals surface area contributed by atoms with Crippen LogP contribution >= 0.6 is 0 Å². The predicted octanol–water partition coefficient (Wildman–Crippen LogP) is 2.26. The Hall–Kier alpha value is -2.69. The van der Waals surface area contributed by atoms with Gasteiger partial charge in [0.25, 0.3) is 0 Å². The molecule has 5 nitrogen and oxygen atoms in total. The zero-order valence-corrected chi connectivity index (χ0v) is 13.2. The number of aromatic nitrogens is 3. The molecule has 0 spiro atoms. The summed E-state index contributed by atoms with van der Waals surface area (Å²) in [5, 5.41) is 2.96. The molecule has 0 unspecified atom stereocenters. The van der Waals surface area contributed by atoms with E-state index in [4.69, 9.17) is 0 Å². The Labute approximate surface area is 135 Å². The van der Waals surface area contributed by atoms with E-state index in [-0.39, 0.29) is 5.91 Å². The van der Waals surface area contributed by atoms with Crippen LogP contribution < -0.4 is 5.32 Å². The van der Waals surface area contributed by atoms with Gasteiger partial charge in [0.2, 0.25) is 5.91 Å². The quantitative estimate of drug-likeness (QED) is 0.760. The largest absolute Gasteiger partial charge is 0.356 e. The van der Waals surface area contributed by atoms with Gasteiger partial charge in [-0.25, -0.2) is 4.98 Å². The highest BCUT2D eigenvalue weighted by molar-refractivity contribution is 5.77. The van der Waals surface area contributed by atoms with Crippen LogP contribution in [0.3, 0.4) is 0 Å². The summed E-state index contributed by atoms with van der Waals surface area (Å²) in [6.07, 6.45) is 5.45. The molecule has 23 heavy (non-hydrogen) atoms.